The molecular weight excluding hydrogens is 532 g/mol. The maximum Gasteiger partial charge on any atom is 0.251 e. The first-order valence-electron chi connectivity index (χ1n) is 14.8. The highest BCUT2D eigenvalue weighted by Gasteiger charge is 2.29. The number of para-hydroxylation sites is 2. The van der Waals surface area contributed by atoms with E-state index in [1.165, 1.54) is 0 Å². The maximum atomic E-state index is 12.6. The van der Waals surface area contributed by atoms with Crippen LogP contribution in [0, 0.1) is 0 Å². The minimum atomic E-state index is -0.202. The summed E-state index contributed by atoms with van der Waals surface area (Å²) < 4.78 is 14.4. The molecule has 42 heavy (non-hydrogen) atoms. The fourth-order valence-corrected chi connectivity index (χ4v) is 5.25. The number of benzene rings is 3. The van der Waals surface area contributed by atoms with Crippen LogP contribution in [0.1, 0.15) is 61.2 Å². The van der Waals surface area contributed by atoms with Crippen molar-refractivity contribution in [3.63, 3.8) is 0 Å². The van der Waals surface area contributed by atoms with E-state index in [1.807, 2.05) is 73.7 Å². The molecule has 1 fully saturated rings. The highest BCUT2D eigenvalue weighted by atomic mass is 16.5. The number of fused-ring (bicyclic) bond motifs is 1. The van der Waals surface area contributed by atoms with E-state index in [0.717, 1.165) is 59.2 Å². The summed E-state index contributed by atoms with van der Waals surface area (Å²) in [6.45, 7) is 3.77. The second-order valence-corrected chi connectivity index (χ2v) is 10.6. The zero-order valence-corrected chi connectivity index (χ0v) is 24.1. The first-order chi connectivity index (χ1) is 20.6. The largest absolute Gasteiger partial charge is 0.493 e. The van der Waals surface area contributed by atoms with Gasteiger partial charge in [-0.05, 0) is 73.6 Å². The van der Waals surface area contributed by atoms with Crippen LogP contribution in [0.25, 0.3) is 22.2 Å². The van der Waals surface area contributed by atoms with Crippen molar-refractivity contribution >= 4 is 22.9 Å². The van der Waals surface area contributed by atoms with Gasteiger partial charge in [0.05, 0.1) is 30.4 Å². The number of unbranched alkanes of at least 4 members (excludes halogenated alkanes) is 1. The molecule has 0 spiro atoms. The first-order valence-corrected chi connectivity index (χ1v) is 14.8. The van der Waals surface area contributed by atoms with Gasteiger partial charge in [-0.25, -0.2) is 4.98 Å². The number of aliphatic hydroxyl groups excluding tert-OH is 2. The number of carbonyl (C=O) groups is 1. The Labute approximate surface area is 246 Å². The molecular formula is C33H40N4O5. The molecule has 222 valence electrons. The number of anilines is 1. The van der Waals surface area contributed by atoms with E-state index in [-0.39, 0.29) is 31.5 Å². The highest BCUT2D eigenvalue weighted by molar-refractivity contribution is 5.95. The van der Waals surface area contributed by atoms with Gasteiger partial charge in [-0.15, -0.1) is 0 Å². The number of amides is 1. The fourth-order valence-electron chi connectivity index (χ4n) is 5.25. The van der Waals surface area contributed by atoms with Crippen LogP contribution in [-0.2, 0) is 11.3 Å². The van der Waals surface area contributed by atoms with Crippen LogP contribution in [0.2, 0.25) is 0 Å². The Morgan fingerprint density at radius 3 is 2.76 bits per heavy atom. The smallest absolute Gasteiger partial charge is 0.251 e. The van der Waals surface area contributed by atoms with Crippen molar-refractivity contribution in [2.75, 3.05) is 31.7 Å². The third-order valence-electron chi connectivity index (χ3n) is 7.45. The number of nitrogens with one attached hydrogen (secondary N) is 2. The summed E-state index contributed by atoms with van der Waals surface area (Å²) in [5, 5.41) is 25.3. The van der Waals surface area contributed by atoms with Crippen molar-refractivity contribution in [3.05, 3.63) is 77.9 Å². The van der Waals surface area contributed by atoms with E-state index in [2.05, 4.69) is 15.2 Å². The van der Waals surface area contributed by atoms with Crippen molar-refractivity contribution in [2.24, 2.45) is 0 Å². The lowest BCUT2D eigenvalue weighted by atomic mass is 10.00. The molecule has 1 amide bonds. The van der Waals surface area contributed by atoms with Gasteiger partial charge >= 0.3 is 0 Å². The molecule has 0 unspecified atom stereocenters. The summed E-state index contributed by atoms with van der Waals surface area (Å²) in [6.07, 6.45) is 3.51. The topological polar surface area (TPSA) is 118 Å². The second kappa shape index (κ2) is 14.3. The monoisotopic (exact) mass is 572 g/mol. The summed E-state index contributed by atoms with van der Waals surface area (Å²) in [7, 11) is 0. The van der Waals surface area contributed by atoms with Crippen LogP contribution in [0.15, 0.2) is 66.7 Å². The fraction of sp³-hybridized carbons (Fsp3) is 0.394. The van der Waals surface area contributed by atoms with Gasteiger partial charge in [-0.2, -0.15) is 0 Å². The van der Waals surface area contributed by atoms with E-state index in [0.29, 0.717) is 37.6 Å². The molecule has 1 aliphatic heterocycles. The van der Waals surface area contributed by atoms with Gasteiger partial charge in [-0.1, -0.05) is 43.3 Å². The van der Waals surface area contributed by atoms with Gasteiger partial charge in [0, 0.05) is 30.8 Å². The lowest BCUT2D eigenvalue weighted by Crippen LogP contribution is -2.23. The van der Waals surface area contributed by atoms with Crippen molar-refractivity contribution < 1.29 is 24.5 Å². The number of nitrogens with zero attached hydrogens (tertiary/aromatic N) is 2. The van der Waals surface area contributed by atoms with Gasteiger partial charge in [0.1, 0.15) is 12.0 Å². The molecule has 0 radical (unpaired) electrons. The highest BCUT2D eigenvalue weighted by Crippen LogP contribution is 2.35. The van der Waals surface area contributed by atoms with Crippen molar-refractivity contribution in [1.29, 1.82) is 0 Å². The summed E-state index contributed by atoms with van der Waals surface area (Å²) in [5.41, 5.74) is 5.27. The molecule has 3 aromatic carbocycles. The Bertz CT molecular complexity index is 1490. The van der Waals surface area contributed by atoms with E-state index in [9.17, 15) is 15.0 Å². The zero-order chi connectivity index (χ0) is 29.3. The number of carbonyl (C=O) groups excluding carboxylic acids is 1. The van der Waals surface area contributed by atoms with Crippen molar-refractivity contribution in [3.8, 4) is 16.9 Å². The van der Waals surface area contributed by atoms with Crippen LogP contribution < -0.4 is 15.4 Å². The number of aliphatic hydroxyl groups is 2. The van der Waals surface area contributed by atoms with Crippen LogP contribution in [-0.4, -0.2) is 58.1 Å². The van der Waals surface area contributed by atoms with Crippen LogP contribution in [0.4, 0.5) is 5.95 Å². The van der Waals surface area contributed by atoms with Crippen molar-refractivity contribution in [2.45, 2.75) is 57.9 Å². The molecule has 1 aliphatic rings. The number of imidazole rings is 1. The SMILES string of the molecule is CCCNC(=O)c1cccc(-c2ccc(CNc3nc4ccccc4n3[C@H]3CC[C@@H](CO)O3)cc2OCCCCO)c1. The molecule has 4 N–H and O–H groups in total. The lowest BCUT2D eigenvalue weighted by Gasteiger charge is -2.19. The molecule has 1 saturated heterocycles. The Morgan fingerprint density at radius 2 is 1.95 bits per heavy atom. The molecule has 0 saturated carbocycles. The number of aromatic nitrogens is 2. The Hall–Kier alpha value is -3.92. The minimum Gasteiger partial charge on any atom is -0.493 e. The molecule has 9 nitrogen and oxygen atoms in total. The first kappa shape index (κ1) is 29.6. The van der Waals surface area contributed by atoms with Crippen molar-refractivity contribution in [1.82, 2.24) is 14.9 Å². The Kier molecular flexibility index (Phi) is 10.1. The Balaban J connectivity index is 1.40. The third kappa shape index (κ3) is 6.92. The second-order valence-electron chi connectivity index (χ2n) is 10.6. The van der Waals surface area contributed by atoms with E-state index >= 15 is 0 Å². The normalized spacial score (nSPS) is 16.5. The minimum absolute atomic E-state index is 0.00560. The van der Waals surface area contributed by atoms with Gasteiger partial charge in [0.2, 0.25) is 5.95 Å². The maximum absolute atomic E-state index is 12.6. The summed E-state index contributed by atoms with van der Waals surface area (Å²) in [4.78, 5) is 17.5. The predicted molar refractivity (Wildman–Crippen MR) is 164 cm³/mol. The standard InChI is InChI=1S/C33H40N4O5/c1-2-16-34-32(40)25-9-7-8-24(20-25)27-14-12-23(19-30(27)41-18-6-5-17-38)21-35-33-36-28-10-3-4-11-29(28)37(33)31-15-13-26(22-39)42-31/h3-4,7-12,14,19-20,26,31,38-39H,2,5-6,13,15-18,21-22H2,1H3,(H,34,40)(H,35,36)/t26-,31+/m0/s1. The summed E-state index contributed by atoms with van der Waals surface area (Å²) in [5.74, 6) is 1.33. The van der Waals surface area contributed by atoms with Crippen LogP contribution >= 0.6 is 0 Å². The molecule has 9 heteroatoms. The van der Waals surface area contributed by atoms with Gasteiger partial charge in [0.15, 0.2) is 0 Å². The van der Waals surface area contributed by atoms with Crippen LogP contribution in [0.5, 0.6) is 5.75 Å². The van der Waals surface area contributed by atoms with Gasteiger partial charge in [-0.3, -0.25) is 9.36 Å². The number of hydrogen-bond acceptors (Lipinski definition) is 7. The predicted octanol–water partition coefficient (Wildman–Crippen LogP) is 5.28. The molecule has 2 atom stereocenters. The average Bonchev–Trinajstić information content (AvgIpc) is 3.65. The lowest BCUT2D eigenvalue weighted by molar-refractivity contribution is -0.0195. The van der Waals surface area contributed by atoms with E-state index < -0.39 is 0 Å². The summed E-state index contributed by atoms with van der Waals surface area (Å²) in [6, 6.07) is 21.6. The molecule has 1 aromatic heterocycles. The van der Waals surface area contributed by atoms with E-state index in [4.69, 9.17) is 14.5 Å². The van der Waals surface area contributed by atoms with E-state index in [1.54, 1.807) is 0 Å². The quantitative estimate of drug-likeness (QED) is 0.152. The number of hydrogen-bond donors (Lipinski definition) is 4. The van der Waals surface area contributed by atoms with Gasteiger partial charge < -0.3 is 30.3 Å². The van der Waals surface area contributed by atoms with Crippen LogP contribution in [0.3, 0.4) is 0 Å². The average molecular weight is 573 g/mol. The molecule has 5 rings (SSSR count). The zero-order valence-electron chi connectivity index (χ0n) is 24.1. The molecule has 0 aliphatic carbocycles. The third-order valence-corrected chi connectivity index (χ3v) is 7.45. The number of ether oxygens (including phenoxy) is 2. The summed E-state index contributed by atoms with van der Waals surface area (Å²) >= 11 is 0. The molecule has 0 bridgehead atoms. The molecule has 4 aromatic rings. The number of rotatable bonds is 14. The van der Waals surface area contributed by atoms with Gasteiger partial charge in [0.25, 0.3) is 5.91 Å². The molecule has 2 heterocycles. The Morgan fingerprint density at radius 1 is 1.07 bits per heavy atom.